The van der Waals surface area contributed by atoms with Gasteiger partial charge in [-0.3, -0.25) is 4.57 Å². The van der Waals surface area contributed by atoms with Crippen LogP contribution in [-0.2, 0) is 0 Å². The summed E-state index contributed by atoms with van der Waals surface area (Å²) < 4.78 is 8.33. The van der Waals surface area contributed by atoms with Gasteiger partial charge in [-0.25, -0.2) is 9.97 Å². The lowest BCUT2D eigenvalue weighted by Gasteiger charge is -2.13. The van der Waals surface area contributed by atoms with Crippen LogP contribution in [-0.4, -0.2) is 28.6 Å². The maximum atomic E-state index is 6.11. The Labute approximate surface area is 203 Å². The zero-order valence-corrected chi connectivity index (χ0v) is 19.6. The van der Waals surface area contributed by atoms with E-state index in [9.17, 15) is 0 Å². The molecule has 0 spiro atoms. The summed E-state index contributed by atoms with van der Waals surface area (Å²) in [7, 11) is 4.00. The topological polar surface area (TPSA) is 43.2 Å². The Balaban J connectivity index is 1.44. The van der Waals surface area contributed by atoms with Crippen molar-refractivity contribution in [1.82, 2.24) is 14.5 Å². The van der Waals surface area contributed by atoms with Gasteiger partial charge in [0.05, 0.1) is 11.0 Å². The summed E-state index contributed by atoms with van der Waals surface area (Å²) in [5.74, 6) is 2.22. The van der Waals surface area contributed by atoms with Crippen molar-refractivity contribution >= 4 is 27.5 Å². The number of hydrogen-bond acceptors (Lipinski definition) is 4. The lowest BCUT2D eigenvalue weighted by atomic mass is 10.0. The highest BCUT2D eigenvalue weighted by Crippen LogP contribution is 2.35. The molecule has 0 atom stereocenters. The van der Waals surface area contributed by atoms with Crippen molar-refractivity contribution in [3.63, 3.8) is 0 Å². The third-order valence-electron chi connectivity index (χ3n) is 6.18. The minimum absolute atomic E-state index is 0.569. The smallest absolute Gasteiger partial charge is 0.221 e. The number of aromatic nitrogens is 3. The predicted octanol–water partition coefficient (Wildman–Crippen LogP) is 7.10. The second-order valence-electron chi connectivity index (χ2n) is 8.65. The maximum Gasteiger partial charge on any atom is 0.221 e. The first-order valence-electron chi connectivity index (χ1n) is 11.5. The second-order valence-corrected chi connectivity index (χ2v) is 8.65. The zero-order chi connectivity index (χ0) is 23.8. The summed E-state index contributed by atoms with van der Waals surface area (Å²) in [6, 6.07) is 33.1. The number of nitrogens with zero attached hydrogens (tertiary/aromatic N) is 4. The third kappa shape index (κ3) is 3.87. The number of para-hydroxylation sites is 1. The summed E-state index contributed by atoms with van der Waals surface area (Å²) >= 11 is 0. The number of anilines is 1. The van der Waals surface area contributed by atoms with Gasteiger partial charge in [0.25, 0.3) is 0 Å². The van der Waals surface area contributed by atoms with E-state index in [0.29, 0.717) is 5.88 Å². The quantitative estimate of drug-likeness (QED) is 0.277. The van der Waals surface area contributed by atoms with Gasteiger partial charge in [-0.1, -0.05) is 48.5 Å². The number of ether oxygens (including phenoxy) is 1. The van der Waals surface area contributed by atoms with E-state index in [0.717, 1.165) is 39.4 Å². The molecule has 5 heteroatoms. The number of hydrogen-bond donors (Lipinski definition) is 0. The Bertz CT molecular complexity index is 1650. The Kier molecular flexibility index (Phi) is 5.15. The average molecular weight is 457 g/mol. The molecule has 3 aromatic carbocycles. The van der Waals surface area contributed by atoms with Crippen LogP contribution < -0.4 is 9.64 Å². The highest BCUT2D eigenvalue weighted by atomic mass is 16.5. The molecule has 0 aliphatic heterocycles. The van der Waals surface area contributed by atoms with Crippen molar-refractivity contribution in [3.8, 4) is 28.6 Å². The van der Waals surface area contributed by atoms with Crippen molar-refractivity contribution in [2.45, 2.75) is 0 Å². The van der Waals surface area contributed by atoms with Crippen molar-refractivity contribution in [2.75, 3.05) is 19.0 Å². The molecule has 0 bridgehead atoms. The lowest BCUT2D eigenvalue weighted by molar-refractivity contribution is 0.463. The number of fused-ring (bicyclic) bond motifs is 3. The fourth-order valence-electron chi connectivity index (χ4n) is 4.48. The molecule has 170 valence electrons. The largest absolute Gasteiger partial charge is 0.439 e. The Morgan fingerprint density at radius 2 is 1.49 bits per heavy atom. The number of pyridine rings is 2. The highest BCUT2D eigenvalue weighted by molar-refractivity contribution is 6.10. The van der Waals surface area contributed by atoms with Gasteiger partial charge in [-0.2, -0.15) is 0 Å². The second kappa shape index (κ2) is 8.61. The van der Waals surface area contributed by atoms with Crippen LogP contribution in [0.15, 0.2) is 109 Å². The lowest BCUT2D eigenvalue weighted by Crippen LogP contribution is -2.08. The van der Waals surface area contributed by atoms with E-state index in [1.807, 2.05) is 67.7 Å². The Morgan fingerprint density at radius 3 is 2.34 bits per heavy atom. The minimum Gasteiger partial charge on any atom is -0.439 e. The normalized spacial score (nSPS) is 11.1. The molecule has 35 heavy (non-hydrogen) atoms. The first kappa shape index (κ1) is 20.9. The van der Waals surface area contributed by atoms with Crippen LogP contribution in [0, 0.1) is 0 Å². The maximum absolute atomic E-state index is 6.11. The third-order valence-corrected chi connectivity index (χ3v) is 6.18. The zero-order valence-electron chi connectivity index (χ0n) is 19.6. The van der Waals surface area contributed by atoms with Gasteiger partial charge < -0.3 is 9.64 Å². The molecule has 0 aliphatic rings. The summed E-state index contributed by atoms with van der Waals surface area (Å²) in [6.07, 6.45) is 3.60. The van der Waals surface area contributed by atoms with Crippen molar-refractivity contribution in [3.05, 3.63) is 109 Å². The van der Waals surface area contributed by atoms with Gasteiger partial charge in [-0.15, -0.1) is 0 Å². The van der Waals surface area contributed by atoms with Crippen LogP contribution in [0.3, 0.4) is 0 Å². The first-order chi connectivity index (χ1) is 17.2. The number of benzene rings is 3. The van der Waals surface area contributed by atoms with Gasteiger partial charge in [0, 0.05) is 49.0 Å². The molecule has 0 unspecified atom stereocenters. The van der Waals surface area contributed by atoms with Crippen LogP contribution in [0.5, 0.6) is 11.6 Å². The molecule has 0 fully saturated rings. The minimum atomic E-state index is 0.569. The van der Waals surface area contributed by atoms with Gasteiger partial charge in [0.1, 0.15) is 11.6 Å². The van der Waals surface area contributed by atoms with E-state index in [1.54, 1.807) is 6.20 Å². The molecule has 0 saturated heterocycles. The molecule has 3 aromatic heterocycles. The van der Waals surface area contributed by atoms with Crippen LogP contribution in [0.1, 0.15) is 0 Å². The fraction of sp³-hybridized carbons (Fsp3) is 0.0667. The van der Waals surface area contributed by atoms with Gasteiger partial charge in [-0.05, 0) is 53.6 Å². The van der Waals surface area contributed by atoms with E-state index in [1.165, 1.54) is 10.8 Å². The number of rotatable bonds is 5. The molecule has 0 saturated carbocycles. The van der Waals surface area contributed by atoms with Crippen molar-refractivity contribution in [2.24, 2.45) is 0 Å². The Hall–Kier alpha value is -4.64. The molecule has 6 aromatic rings. The van der Waals surface area contributed by atoms with Gasteiger partial charge in [0.2, 0.25) is 5.88 Å². The monoisotopic (exact) mass is 456 g/mol. The van der Waals surface area contributed by atoms with Gasteiger partial charge in [0.15, 0.2) is 0 Å². The summed E-state index contributed by atoms with van der Waals surface area (Å²) in [5.41, 5.74) is 5.49. The highest BCUT2D eigenvalue weighted by Gasteiger charge is 2.14. The molecule has 3 heterocycles. The molecule has 0 aliphatic carbocycles. The van der Waals surface area contributed by atoms with Crippen molar-refractivity contribution < 1.29 is 4.74 Å². The van der Waals surface area contributed by atoms with Crippen LogP contribution in [0.25, 0.3) is 38.8 Å². The van der Waals surface area contributed by atoms with Crippen LogP contribution in [0.2, 0.25) is 0 Å². The molecule has 0 radical (unpaired) electrons. The van der Waals surface area contributed by atoms with E-state index in [2.05, 4.69) is 69.1 Å². The van der Waals surface area contributed by atoms with E-state index in [-0.39, 0.29) is 0 Å². The standard InChI is InChI=1S/C30H24N4O/c1-33(2)23-15-17-32-30(20-23)35-24-9-7-8-21(18-24)22-13-14-26-25-10-3-4-11-27(25)34(28(26)19-22)29-12-5-6-16-31-29/h3-20H,1-2H3. The van der Waals surface area contributed by atoms with Gasteiger partial charge >= 0.3 is 0 Å². The van der Waals surface area contributed by atoms with E-state index >= 15 is 0 Å². The Morgan fingerprint density at radius 1 is 0.657 bits per heavy atom. The fourth-order valence-corrected chi connectivity index (χ4v) is 4.48. The summed E-state index contributed by atoms with van der Waals surface area (Å²) in [4.78, 5) is 11.0. The van der Waals surface area contributed by atoms with Crippen LogP contribution >= 0.6 is 0 Å². The first-order valence-corrected chi connectivity index (χ1v) is 11.5. The molecule has 5 nitrogen and oxygen atoms in total. The molecule has 0 N–H and O–H groups in total. The molecule has 6 rings (SSSR count). The average Bonchev–Trinajstić information content (AvgIpc) is 3.23. The van der Waals surface area contributed by atoms with E-state index in [4.69, 9.17) is 4.74 Å². The van der Waals surface area contributed by atoms with Crippen LogP contribution in [0.4, 0.5) is 5.69 Å². The van der Waals surface area contributed by atoms with Crippen molar-refractivity contribution in [1.29, 1.82) is 0 Å². The summed E-state index contributed by atoms with van der Waals surface area (Å²) in [6.45, 7) is 0. The summed E-state index contributed by atoms with van der Waals surface area (Å²) in [5, 5.41) is 2.41. The predicted molar refractivity (Wildman–Crippen MR) is 143 cm³/mol. The molecular formula is C30H24N4O. The van der Waals surface area contributed by atoms with E-state index < -0.39 is 0 Å². The SMILES string of the molecule is CN(C)c1ccnc(Oc2cccc(-c3ccc4c5ccccc5n(-c5ccccn5)c4c3)c2)c1. The molecule has 0 amide bonds. The molecular weight excluding hydrogens is 432 g/mol.